The lowest BCUT2D eigenvalue weighted by Crippen LogP contribution is -2.63. The Morgan fingerprint density at radius 1 is 0.687 bits per heavy atom. The van der Waals surface area contributed by atoms with E-state index in [9.17, 15) is 19.5 Å². The van der Waals surface area contributed by atoms with Gasteiger partial charge in [0.1, 0.15) is 23.6 Å². The highest BCUT2D eigenvalue weighted by Gasteiger charge is 2.61. The molecule has 5 saturated carbocycles. The number of carbonyl (C=O) groups is 3. The molecule has 2 aromatic rings. The fourth-order valence-electron chi connectivity index (χ4n) is 10.2. The van der Waals surface area contributed by atoms with Crippen molar-refractivity contribution in [1.82, 2.24) is 0 Å². The molecule has 7 rings (SSSR count). The lowest BCUT2D eigenvalue weighted by molar-refractivity contribution is -0.231. The smallest absolute Gasteiger partial charge is 0.312 e. The standard InChI is InChI=1S/C19H32O2.C14H19IO4.C14H26O2.C10H14O/c1-6-18(4,5)17(20)21-19(12(2)3)15-8-13-7-14(10-15)11-16(19)9-13;1-5-14(2,3)13(17)19-8-9-6-10(15)12(16)11(7-9)18-4;1-6-13(4,5)12(15)16-14(11(2)3)9-7-8-10-14;1-3-8(2)9-4-6-10(11)7-5-9/h12-16H,6-11H2,1-5H3;6-7,16H,5,8H2,1-4H3;11H,6-10H2,1-5H3;4-8,11H,3H2,1-2H3. The summed E-state index contributed by atoms with van der Waals surface area (Å²) in [5.41, 5.74) is 0.569. The second-order valence-electron chi connectivity index (χ2n) is 22.8. The molecule has 0 heterocycles. The van der Waals surface area contributed by atoms with Crippen LogP contribution in [-0.4, -0.2) is 46.4 Å². The monoisotopic (exact) mass is 1050 g/mol. The molecule has 2 N–H and O–H groups in total. The van der Waals surface area contributed by atoms with Crippen LogP contribution in [0.3, 0.4) is 0 Å². The zero-order valence-electron chi connectivity index (χ0n) is 44.5. The van der Waals surface area contributed by atoms with Gasteiger partial charge in [-0.25, -0.2) is 0 Å². The molecule has 9 nitrogen and oxygen atoms in total. The molecule has 5 aliphatic carbocycles. The molecular weight excluding hydrogens is 956 g/mol. The summed E-state index contributed by atoms with van der Waals surface area (Å²) in [4.78, 5) is 36.8. The van der Waals surface area contributed by atoms with Gasteiger partial charge in [0, 0.05) is 0 Å². The average molecular weight is 1050 g/mol. The molecule has 0 radical (unpaired) electrons. The predicted octanol–water partition coefficient (Wildman–Crippen LogP) is 15.1. The van der Waals surface area contributed by atoms with Crippen LogP contribution in [0.5, 0.6) is 17.2 Å². The van der Waals surface area contributed by atoms with Crippen molar-refractivity contribution in [2.75, 3.05) is 7.11 Å². The molecule has 380 valence electrons. The Morgan fingerprint density at radius 2 is 1.15 bits per heavy atom. The summed E-state index contributed by atoms with van der Waals surface area (Å²) in [6.07, 6.45) is 14.6. The van der Waals surface area contributed by atoms with Crippen LogP contribution < -0.4 is 4.74 Å². The Labute approximate surface area is 420 Å². The molecule has 10 heteroatoms. The predicted molar refractivity (Wildman–Crippen MR) is 279 cm³/mol. The molecule has 2 aromatic carbocycles. The van der Waals surface area contributed by atoms with Crippen LogP contribution in [0, 0.1) is 55.3 Å². The Morgan fingerprint density at radius 3 is 1.57 bits per heavy atom. The van der Waals surface area contributed by atoms with Crippen molar-refractivity contribution in [2.24, 2.45) is 51.8 Å². The minimum atomic E-state index is -0.478. The normalized spacial score (nSPS) is 23.1. The molecule has 0 saturated heterocycles. The van der Waals surface area contributed by atoms with Crippen LogP contribution in [0.1, 0.15) is 204 Å². The van der Waals surface area contributed by atoms with Crippen molar-refractivity contribution in [3.05, 3.63) is 51.1 Å². The number of rotatable bonds is 15. The highest BCUT2D eigenvalue weighted by Crippen LogP contribution is 2.62. The molecular formula is C57H91IO9. The Bertz CT molecular complexity index is 1860. The summed E-state index contributed by atoms with van der Waals surface area (Å²) < 4.78 is 23.3. The van der Waals surface area contributed by atoms with E-state index in [1.54, 1.807) is 24.3 Å². The maximum atomic E-state index is 12.8. The van der Waals surface area contributed by atoms with Crippen molar-refractivity contribution < 1.29 is 43.5 Å². The van der Waals surface area contributed by atoms with Gasteiger partial charge in [-0.3, -0.25) is 14.4 Å². The molecule has 5 fully saturated rings. The van der Waals surface area contributed by atoms with Crippen LogP contribution in [0.15, 0.2) is 36.4 Å². The summed E-state index contributed by atoms with van der Waals surface area (Å²) in [6.45, 7) is 31.2. The molecule has 1 atom stereocenters. The molecule has 4 bridgehead atoms. The molecule has 67 heavy (non-hydrogen) atoms. The van der Waals surface area contributed by atoms with Gasteiger partial charge >= 0.3 is 17.9 Å². The molecule has 0 spiro atoms. The number of esters is 3. The van der Waals surface area contributed by atoms with E-state index in [-0.39, 0.29) is 52.3 Å². The number of halogens is 1. The second-order valence-corrected chi connectivity index (χ2v) is 24.0. The summed E-state index contributed by atoms with van der Waals surface area (Å²) >= 11 is 2.01. The first-order valence-corrected chi connectivity index (χ1v) is 26.7. The maximum Gasteiger partial charge on any atom is 0.312 e. The lowest BCUT2D eigenvalue weighted by Gasteiger charge is -2.62. The fourth-order valence-corrected chi connectivity index (χ4v) is 10.9. The maximum absolute atomic E-state index is 12.8. The Balaban J connectivity index is 0.000000243. The zero-order chi connectivity index (χ0) is 50.7. The van der Waals surface area contributed by atoms with Crippen molar-refractivity contribution >= 4 is 40.5 Å². The average Bonchev–Trinajstić information content (AvgIpc) is 3.78. The highest BCUT2D eigenvalue weighted by molar-refractivity contribution is 14.1. The number of phenols is 2. The first-order valence-electron chi connectivity index (χ1n) is 25.7. The third-order valence-electron chi connectivity index (χ3n) is 16.4. The molecule has 0 aromatic heterocycles. The topological polar surface area (TPSA) is 129 Å². The zero-order valence-corrected chi connectivity index (χ0v) is 46.7. The minimum Gasteiger partial charge on any atom is -0.508 e. The lowest BCUT2D eigenvalue weighted by atomic mass is 9.47. The van der Waals surface area contributed by atoms with Gasteiger partial charge in [-0.15, -0.1) is 0 Å². The fraction of sp³-hybridized carbons (Fsp3) is 0.737. The highest BCUT2D eigenvalue weighted by atomic mass is 127. The first kappa shape index (κ1) is 58.3. The molecule has 0 amide bonds. The number of phenolic OH excluding ortho intramolecular Hbond substituents is 2. The number of carbonyl (C=O) groups excluding carboxylic acids is 3. The molecule has 1 unspecified atom stereocenters. The number of methoxy groups -OCH3 is 1. The van der Waals surface area contributed by atoms with E-state index in [4.69, 9.17) is 24.1 Å². The molecule has 5 aliphatic rings. The number of aromatic hydroxyl groups is 2. The number of hydrogen-bond acceptors (Lipinski definition) is 9. The molecule has 0 aliphatic heterocycles. The third kappa shape index (κ3) is 14.8. The van der Waals surface area contributed by atoms with Gasteiger partial charge in [0.2, 0.25) is 0 Å². The van der Waals surface area contributed by atoms with Gasteiger partial charge in [0.15, 0.2) is 11.5 Å². The van der Waals surface area contributed by atoms with Crippen LogP contribution >= 0.6 is 22.6 Å². The van der Waals surface area contributed by atoms with Crippen molar-refractivity contribution in [3.63, 3.8) is 0 Å². The Kier molecular flexibility index (Phi) is 21.5. The van der Waals surface area contributed by atoms with E-state index in [0.717, 1.165) is 55.9 Å². The second kappa shape index (κ2) is 24.7. The van der Waals surface area contributed by atoms with Gasteiger partial charge in [-0.1, -0.05) is 74.4 Å². The summed E-state index contributed by atoms with van der Waals surface area (Å²) in [6, 6.07) is 10.9. The quantitative estimate of drug-likeness (QED) is 0.102. The van der Waals surface area contributed by atoms with E-state index in [1.807, 2.05) is 90.1 Å². The third-order valence-corrected chi connectivity index (χ3v) is 17.3. The first-order chi connectivity index (χ1) is 31.2. The van der Waals surface area contributed by atoms with E-state index < -0.39 is 5.41 Å². The van der Waals surface area contributed by atoms with E-state index >= 15 is 0 Å². The van der Waals surface area contributed by atoms with Gasteiger partial charge < -0.3 is 29.2 Å². The summed E-state index contributed by atoms with van der Waals surface area (Å²) in [7, 11) is 1.49. The Hall–Kier alpha value is -3.02. The number of ether oxygens (including phenoxy) is 4. The van der Waals surface area contributed by atoms with Crippen LogP contribution in [0.4, 0.5) is 0 Å². The summed E-state index contributed by atoms with van der Waals surface area (Å²) in [5.74, 6) is 5.13. The largest absolute Gasteiger partial charge is 0.508 e. The number of hydrogen-bond donors (Lipinski definition) is 2. The van der Waals surface area contributed by atoms with Gasteiger partial charge in [-0.05, 0) is 224 Å². The van der Waals surface area contributed by atoms with E-state index in [1.165, 1.54) is 57.6 Å². The van der Waals surface area contributed by atoms with E-state index in [2.05, 4.69) is 48.5 Å². The van der Waals surface area contributed by atoms with Crippen LogP contribution in [0.25, 0.3) is 0 Å². The SMILES string of the molecule is CCC(C)(C)C(=O)OC1(C(C)C)C2CC3CC(C2)CC1C3.CCC(C)(C)C(=O)OC1(C(C)C)CCCC1.CCC(C)(C)C(=O)OCc1cc(I)c(O)c(OC)c1.CCC(C)c1ccc(O)cc1. The van der Waals surface area contributed by atoms with Crippen molar-refractivity contribution in [2.45, 2.75) is 211 Å². The van der Waals surface area contributed by atoms with Crippen molar-refractivity contribution in [1.29, 1.82) is 0 Å². The van der Waals surface area contributed by atoms with Gasteiger partial charge in [0.05, 0.1) is 26.9 Å². The number of benzene rings is 2. The van der Waals surface area contributed by atoms with Crippen LogP contribution in [-0.2, 0) is 35.2 Å². The minimum absolute atomic E-state index is 0.0226. The van der Waals surface area contributed by atoms with E-state index in [0.29, 0.717) is 44.7 Å². The van der Waals surface area contributed by atoms with Gasteiger partial charge in [-0.2, -0.15) is 0 Å². The summed E-state index contributed by atoms with van der Waals surface area (Å²) in [5, 5.41) is 18.7. The van der Waals surface area contributed by atoms with Crippen molar-refractivity contribution in [3.8, 4) is 17.2 Å². The van der Waals surface area contributed by atoms with Gasteiger partial charge in [0.25, 0.3) is 0 Å². The van der Waals surface area contributed by atoms with Crippen LogP contribution in [0.2, 0.25) is 0 Å².